The molecule has 1 aromatic rings. The first-order chi connectivity index (χ1) is 10.5. The normalized spacial score (nSPS) is 18.0. The Morgan fingerprint density at radius 3 is 2.73 bits per heavy atom. The van der Waals surface area contributed by atoms with Gasteiger partial charge in [-0.3, -0.25) is 9.59 Å². The van der Waals surface area contributed by atoms with Crippen molar-refractivity contribution in [3.63, 3.8) is 0 Å². The molecule has 22 heavy (non-hydrogen) atoms. The Labute approximate surface area is 130 Å². The van der Waals surface area contributed by atoms with Crippen LogP contribution < -0.4 is 4.74 Å². The average Bonchev–Trinajstić information content (AvgIpc) is 2.52. The number of carboxylic acid groups (broad SMARTS) is 1. The zero-order chi connectivity index (χ0) is 15.9. The lowest BCUT2D eigenvalue weighted by Gasteiger charge is -2.32. The molecular weight excluding hydrogens is 282 g/mol. The number of hydrogen-bond donors (Lipinski definition) is 1. The van der Waals surface area contributed by atoms with E-state index in [1.54, 1.807) is 4.90 Å². The van der Waals surface area contributed by atoms with Crippen molar-refractivity contribution >= 4 is 11.9 Å². The number of benzene rings is 1. The molecule has 2 rings (SSSR count). The van der Waals surface area contributed by atoms with Gasteiger partial charge in [0.2, 0.25) is 0 Å². The Bertz CT molecular complexity index is 512. The summed E-state index contributed by atoms with van der Waals surface area (Å²) in [6, 6.07) is 7.61. The smallest absolute Gasteiger partial charge is 0.303 e. The van der Waals surface area contributed by atoms with Gasteiger partial charge in [-0.2, -0.15) is 0 Å². The second-order valence-electron chi connectivity index (χ2n) is 5.88. The standard InChI is InChI=1S/C17H23NO4/c1-13-4-7-15(8-5-13)22-12-16(19)18-10-2-3-14(11-18)6-9-17(20)21/h4-5,7-8,14H,2-3,6,9-12H2,1H3,(H,20,21)/t14-/m0/s1. The van der Waals surface area contributed by atoms with Crippen LogP contribution in [0.15, 0.2) is 24.3 Å². The molecule has 1 fully saturated rings. The van der Waals surface area contributed by atoms with Crippen LogP contribution in [0.4, 0.5) is 0 Å². The van der Waals surface area contributed by atoms with Crippen molar-refractivity contribution in [2.24, 2.45) is 5.92 Å². The van der Waals surface area contributed by atoms with Gasteiger partial charge in [-0.25, -0.2) is 0 Å². The number of rotatable bonds is 6. The highest BCUT2D eigenvalue weighted by atomic mass is 16.5. The summed E-state index contributed by atoms with van der Waals surface area (Å²) in [6.07, 6.45) is 2.74. The fraction of sp³-hybridized carbons (Fsp3) is 0.529. The van der Waals surface area contributed by atoms with Crippen LogP contribution in [0.1, 0.15) is 31.2 Å². The fourth-order valence-electron chi connectivity index (χ4n) is 2.73. The molecule has 1 aliphatic rings. The number of carboxylic acids is 1. The van der Waals surface area contributed by atoms with Crippen LogP contribution >= 0.6 is 0 Å². The number of ether oxygens (including phenoxy) is 1. The zero-order valence-electron chi connectivity index (χ0n) is 13.0. The Morgan fingerprint density at radius 2 is 2.05 bits per heavy atom. The van der Waals surface area contributed by atoms with Gasteiger partial charge in [-0.1, -0.05) is 17.7 Å². The molecule has 1 aliphatic heterocycles. The minimum absolute atomic E-state index is 0.0272. The van der Waals surface area contributed by atoms with E-state index in [-0.39, 0.29) is 24.9 Å². The summed E-state index contributed by atoms with van der Waals surface area (Å²) in [7, 11) is 0. The highest BCUT2D eigenvalue weighted by Gasteiger charge is 2.24. The van der Waals surface area contributed by atoms with E-state index in [0.29, 0.717) is 18.7 Å². The van der Waals surface area contributed by atoms with Gasteiger partial charge in [0.1, 0.15) is 5.75 Å². The molecule has 0 unspecified atom stereocenters. The van der Waals surface area contributed by atoms with Gasteiger partial charge in [-0.15, -0.1) is 0 Å². The van der Waals surface area contributed by atoms with Gasteiger partial charge in [0, 0.05) is 19.5 Å². The average molecular weight is 305 g/mol. The van der Waals surface area contributed by atoms with Crippen LogP contribution in [0.2, 0.25) is 0 Å². The van der Waals surface area contributed by atoms with E-state index in [2.05, 4.69) is 0 Å². The van der Waals surface area contributed by atoms with Gasteiger partial charge in [0.05, 0.1) is 0 Å². The summed E-state index contributed by atoms with van der Waals surface area (Å²) in [4.78, 5) is 24.6. The van der Waals surface area contributed by atoms with E-state index in [1.807, 2.05) is 31.2 Å². The van der Waals surface area contributed by atoms with Crippen LogP contribution in [0.25, 0.3) is 0 Å². The van der Waals surface area contributed by atoms with E-state index in [0.717, 1.165) is 24.9 Å². The van der Waals surface area contributed by atoms with Gasteiger partial charge in [0.15, 0.2) is 6.61 Å². The second-order valence-corrected chi connectivity index (χ2v) is 5.88. The molecule has 120 valence electrons. The summed E-state index contributed by atoms with van der Waals surface area (Å²) >= 11 is 0. The third-order valence-electron chi connectivity index (χ3n) is 4.02. The largest absolute Gasteiger partial charge is 0.484 e. The van der Waals surface area contributed by atoms with Crippen LogP contribution in [0.5, 0.6) is 5.75 Å². The molecule has 1 aromatic carbocycles. The third kappa shape index (κ3) is 5.06. The van der Waals surface area contributed by atoms with Crippen molar-refractivity contribution < 1.29 is 19.4 Å². The van der Waals surface area contributed by atoms with Gasteiger partial charge in [-0.05, 0) is 44.2 Å². The number of nitrogens with zero attached hydrogens (tertiary/aromatic N) is 1. The number of hydrogen-bond acceptors (Lipinski definition) is 3. The number of amides is 1. The monoisotopic (exact) mass is 305 g/mol. The number of carbonyl (C=O) groups is 2. The second kappa shape index (κ2) is 7.82. The number of piperidine rings is 1. The Hall–Kier alpha value is -2.04. The number of likely N-dealkylation sites (tertiary alicyclic amines) is 1. The molecule has 0 saturated carbocycles. The molecule has 0 radical (unpaired) electrons. The SMILES string of the molecule is Cc1ccc(OCC(=O)N2CCC[C@@H](CCC(=O)O)C2)cc1. The molecule has 5 nitrogen and oxygen atoms in total. The summed E-state index contributed by atoms with van der Waals surface area (Å²) in [6.45, 7) is 3.41. The molecule has 0 aliphatic carbocycles. The maximum Gasteiger partial charge on any atom is 0.303 e. The van der Waals surface area contributed by atoms with E-state index >= 15 is 0 Å². The highest BCUT2D eigenvalue weighted by molar-refractivity contribution is 5.77. The summed E-state index contributed by atoms with van der Waals surface area (Å²) < 4.78 is 5.52. The van der Waals surface area contributed by atoms with Crippen molar-refractivity contribution in [2.45, 2.75) is 32.6 Å². The molecule has 1 saturated heterocycles. The lowest BCUT2D eigenvalue weighted by atomic mass is 9.93. The van der Waals surface area contributed by atoms with Gasteiger partial charge < -0.3 is 14.7 Å². The molecule has 1 heterocycles. The molecule has 5 heteroatoms. The molecule has 1 atom stereocenters. The third-order valence-corrected chi connectivity index (χ3v) is 4.02. The molecule has 0 aromatic heterocycles. The zero-order valence-corrected chi connectivity index (χ0v) is 13.0. The van der Waals surface area contributed by atoms with Crippen LogP contribution in [-0.4, -0.2) is 41.6 Å². The lowest BCUT2D eigenvalue weighted by molar-refractivity contribution is -0.137. The molecule has 1 amide bonds. The Morgan fingerprint density at radius 1 is 1.32 bits per heavy atom. The van der Waals surface area contributed by atoms with E-state index in [9.17, 15) is 9.59 Å². The molecule has 1 N–H and O–H groups in total. The Kier molecular flexibility index (Phi) is 5.81. The van der Waals surface area contributed by atoms with Crippen molar-refractivity contribution in [2.75, 3.05) is 19.7 Å². The van der Waals surface area contributed by atoms with Crippen molar-refractivity contribution in [1.82, 2.24) is 4.90 Å². The summed E-state index contributed by atoms with van der Waals surface area (Å²) in [5, 5.41) is 8.75. The number of carbonyl (C=O) groups excluding carboxylic acids is 1. The first-order valence-corrected chi connectivity index (χ1v) is 7.73. The fourth-order valence-corrected chi connectivity index (χ4v) is 2.73. The van der Waals surface area contributed by atoms with E-state index in [4.69, 9.17) is 9.84 Å². The highest BCUT2D eigenvalue weighted by Crippen LogP contribution is 2.21. The maximum atomic E-state index is 12.2. The van der Waals surface area contributed by atoms with Crippen LogP contribution in [0.3, 0.4) is 0 Å². The van der Waals surface area contributed by atoms with E-state index < -0.39 is 5.97 Å². The summed E-state index contributed by atoms with van der Waals surface area (Å²) in [5.41, 5.74) is 1.15. The predicted octanol–water partition coefficient (Wildman–Crippen LogP) is 2.48. The van der Waals surface area contributed by atoms with Gasteiger partial charge in [0.25, 0.3) is 5.91 Å². The molecule has 0 spiro atoms. The van der Waals surface area contributed by atoms with Crippen molar-refractivity contribution in [3.05, 3.63) is 29.8 Å². The first-order valence-electron chi connectivity index (χ1n) is 7.73. The lowest BCUT2D eigenvalue weighted by Crippen LogP contribution is -2.42. The van der Waals surface area contributed by atoms with Gasteiger partial charge >= 0.3 is 5.97 Å². The minimum Gasteiger partial charge on any atom is -0.484 e. The first kappa shape index (κ1) is 16.3. The quantitative estimate of drug-likeness (QED) is 0.877. The van der Waals surface area contributed by atoms with E-state index in [1.165, 1.54) is 0 Å². The maximum absolute atomic E-state index is 12.2. The molecular formula is C17H23NO4. The van der Waals surface area contributed by atoms with Crippen LogP contribution in [0, 0.1) is 12.8 Å². The molecule has 0 bridgehead atoms. The van der Waals surface area contributed by atoms with Crippen molar-refractivity contribution in [3.8, 4) is 5.75 Å². The van der Waals surface area contributed by atoms with Crippen LogP contribution in [-0.2, 0) is 9.59 Å². The Balaban J connectivity index is 1.78. The summed E-state index contributed by atoms with van der Waals surface area (Å²) in [5.74, 6) is 0.179. The van der Waals surface area contributed by atoms with Crippen molar-refractivity contribution in [1.29, 1.82) is 0 Å². The number of aliphatic carboxylic acids is 1. The number of aryl methyl sites for hydroxylation is 1. The topological polar surface area (TPSA) is 66.8 Å². The minimum atomic E-state index is -0.772. The predicted molar refractivity (Wildman–Crippen MR) is 82.8 cm³/mol.